The van der Waals surface area contributed by atoms with Crippen LogP contribution in [0.2, 0.25) is 0 Å². The second kappa shape index (κ2) is 6.89. The van der Waals surface area contributed by atoms with Gasteiger partial charge in [0.1, 0.15) is 12.7 Å². The Balaban J connectivity index is 1.37. The molecule has 126 valence electrons. The molecule has 2 atom stereocenters. The molecule has 1 aromatic heterocycles. The van der Waals surface area contributed by atoms with E-state index in [9.17, 15) is 4.79 Å². The summed E-state index contributed by atoms with van der Waals surface area (Å²) in [6, 6.07) is 18.4. The highest BCUT2D eigenvalue weighted by Gasteiger charge is 2.43. The predicted molar refractivity (Wildman–Crippen MR) is 94.7 cm³/mol. The van der Waals surface area contributed by atoms with Gasteiger partial charge in [-0.05, 0) is 29.0 Å². The minimum atomic E-state index is 0.102. The third-order valence-electron chi connectivity index (χ3n) is 4.73. The van der Waals surface area contributed by atoms with E-state index in [1.165, 1.54) is 11.9 Å². The lowest BCUT2D eigenvalue weighted by Gasteiger charge is -2.11. The maximum atomic E-state index is 12.5. The SMILES string of the molecule is O=C(NCc1ccccc1Cn1cncn1)[C@@H]1C[C@@H]1c1ccccc1. The van der Waals surface area contributed by atoms with Gasteiger partial charge in [0.25, 0.3) is 0 Å². The van der Waals surface area contributed by atoms with Gasteiger partial charge in [0.05, 0.1) is 6.54 Å². The van der Waals surface area contributed by atoms with Crippen LogP contribution in [-0.4, -0.2) is 20.7 Å². The molecule has 25 heavy (non-hydrogen) atoms. The minimum Gasteiger partial charge on any atom is -0.352 e. The Morgan fingerprint density at radius 1 is 1.08 bits per heavy atom. The number of carbonyl (C=O) groups excluding carboxylic acids is 1. The number of nitrogens with one attached hydrogen (secondary N) is 1. The van der Waals surface area contributed by atoms with Crippen molar-refractivity contribution in [2.45, 2.75) is 25.4 Å². The molecule has 2 aromatic carbocycles. The lowest BCUT2D eigenvalue weighted by molar-refractivity contribution is -0.122. The van der Waals surface area contributed by atoms with Gasteiger partial charge in [-0.1, -0.05) is 54.6 Å². The van der Waals surface area contributed by atoms with E-state index in [-0.39, 0.29) is 11.8 Å². The number of nitrogens with zero attached hydrogens (tertiary/aromatic N) is 3. The van der Waals surface area contributed by atoms with Crippen molar-refractivity contribution in [1.82, 2.24) is 20.1 Å². The van der Waals surface area contributed by atoms with E-state index in [4.69, 9.17) is 0 Å². The topological polar surface area (TPSA) is 59.8 Å². The van der Waals surface area contributed by atoms with Crippen molar-refractivity contribution >= 4 is 5.91 Å². The predicted octanol–water partition coefficient (Wildman–Crippen LogP) is 2.75. The Hall–Kier alpha value is -2.95. The Morgan fingerprint density at radius 3 is 2.60 bits per heavy atom. The highest BCUT2D eigenvalue weighted by Crippen LogP contribution is 2.47. The van der Waals surface area contributed by atoms with Crippen LogP contribution in [0.3, 0.4) is 0 Å². The van der Waals surface area contributed by atoms with Crippen LogP contribution in [0.15, 0.2) is 67.3 Å². The summed E-state index contributed by atoms with van der Waals surface area (Å²) in [6.07, 6.45) is 4.17. The molecule has 0 spiro atoms. The van der Waals surface area contributed by atoms with E-state index in [1.807, 2.05) is 36.4 Å². The van der Waals surface area contributed by atoms with Crippen molar-refractivity contribution in [2.75, 3.05) is 0 Å². The van der Waals surface area contributed by atoms with E-state index >= 15 is 0 Å². The van der Waals surface area contributed by atoms with E-state index in [0.29, 0.717) is 19.0 Å². The molecule has 5 nitrogen and oxygen atoms in total. The Kier molecular flexibility index (Phi) is 4.29. The number of amides is 1. The van der Waals surface area contributed by atoms with Gasteiger partial charge >= 0.3 is 0 Å². The highest BCUT2D eigenvalue weighted by molar-refractivity contribution is 5.82. The van der Waals surface area contributed by atoms with E-state index in [2.05, 4.69) is 33.6 Å². The standard InChI is InChI=1S/C20H20N4O/c25-20(19-10-18(19)15-6-2-1-3-7-15)22-11-16-8-4-5-9-17(16)12-24-14-21-13-23-24/h1-9,13-14,18-19H,10-12H2,(H,22,25)/t18-,19-/m1/s1. The minimum absolute atomic E-state index is 0.102. The first-order valence-corrected chi connectivity index (χ1v) is 8.53. The molecule has 4 rings (SSSR count). The highest BCUT2D eigenvalue weighted by atomic mass is 16.2. The molecule has 3 aromatic rings. The quantitative estimate of drug-likeness (QED) is 0.755. The van der Waals surface area contributed by atoms with Gasteiger partial charge in [-0.2, -0.15) is 5.10 Å². The summed E-state index contributed by atoms with van der Waals surface area (Å²) in [4.78, 5) is 16.4. The number of rotatable bonds is 6. The van der Waals surface area contributed by atoms with Crippen molar-refractivity contribution in [3.8, 4) is 0 Å². The molecule has 5 heteroatoms. The molecule has 1 saturated carbocycles. The molecule has 1 amide bonds. The van der Waals surface area contributed by atoms with Gasteiger partial charge in [0.15, 0.2) is 0 Å². The van der Waals surface area contributed by atoms with Crippen LogP contribution in [-0.2, 0) is 17.9 Å². The van der Waals surface area contributed by atoms with Crippen molar-refractivity contribution < 1.29 is 4.79 Å². The smallest absolute Gasteiger partial charge is 0.224 e. The maximum absolute atomic E-state index is 12.5. The number of benzene rings is 2. The number of hydrogen-bond donors (Lipinski definition) is 1. The zero-order chi connectivity index (χ0) is 17.1. The second-order valence-corrected chi connectivity index (χ2v) is 6.44. The Bertz CT molecular complexity index is 845. The zero-order valence-corrected chi connectivity index (χ0v) is 13.9. The van der Waals surface area contributed by atoms with Crippen molar-refractivity contribution in [3.63, 3.8) is 0 Å². The molecule has 1 fully saturated rings. The van der Waals surface area contributed by atoms with Crippen LogP contribution < -0.4 is 5.32 Å². The first-order chi connectivity index (χ1) is 12.3. The number of carbonyl (C=O) groups is 1. The van der Waals surface area contributed by atoms with E-state index in [0.717, 1.165) is 17.5 Å². The van der Waals surface area contributed by atoms with Crippen LogP contribution in [0.1, 0.15) is 29.0 Å². The summed E-state index contributed by atoms with van der Waals surface area (Å²) in [5.41, 5.74) is 3.51. The molecule has 0 unspecified atom stereocenters. The fourth-order valence-electron chi connectivity index (χ4n) is 3.24. The monoisotopic (exact) mass is 332 g/mol. The summed E-state index contributed by atoms with van der Waals surface area (Å²) in [5.74, 6) is 0.612. The third kappa shape index (κ3) is 3.60. The molecule has 1 heterocycles. The molecule has 0 saturated heterocycles. The Morgan fingerprint density at radius 2 is 1.84 bits per heavy atom. The summed E-state index contributed by atoms with van der Waals surface area (Å²) in [7, 11) is 0. The van der Waals surface area contributed by atoms with Crippen molar-refractivity contribution in [2.24, 2.45) is 5.92 Å². The largest absolute Gasteiger partial charge is 0.352 e. The van der Waals surface area contributed by atoms with Gasteiger partial charge in [-0.15, -0.1) is 0 Å². The summed E-state index contributed by atoms with van der Waals surface area (Å²) in [5, 5.41) is 7.24. The lowest BCUT2D eigenvalue weighted by Crippen LogP contribution is -2.25. The molecule has 1 aliphatic carbocycles. The van der Waals surface area contributed by atoms with E-state index < -0.39 is 0 Å². The average Bonchev–Trinajstić information content (AvgIpc) is 3.30. The fourth-order valence-corrected chi connectivity index (χ4v) is 3.24. The van der Waals surface area contributed by atoms with Crippen LogP contribution >= 0.6 is 0 Å². The molecule has 0 radical (unpaired) electrons. The average molecular weight is 332 g/mol. The summed E-state index contributed by atoms with van der Waals surface area (Å²) < 4.78 is 1.78. The fraction of sp³-hybridized carbons (Fsp3) is 0.250. The first-order valence-electron chi connectivity index (χ1n) is 8.53. The number of aromatic nitrogens is 3. The van der Waals surface area contributed by atoms with Gasteiger partial charge in [0.2, 0.25) is 5.91 Å². The normalized spacial score (nSPS) is 18.7. The summed E-state index contributed by atoms with van der Waals surface area (Å²) >= 11 is 0. The molecular weight excluding hydrogens is 312 g/mol. The number of hydrogen-bond acceptors (Lipinski definition) is 3. The lowest BCUT2D eigenvalue weighted by atomic mass is 10.1. The molecule has 0 aliphatic heterocycles. The first kappa shape index (κ1) is 15.6. The van der Waals surface area contributed by atoms with Crippen molar-refractivity contribution in [3.05, 3.63) is 83.9 Å². The van der Waals surface area contributed by atoms with Gasteiger partial charge in [-0.25, -0.2) is 9.67 Å². The molecule has 0 bridgehead atoms. The third-order valence-corrected chi connectivity index (χ3v) is 4.73. The maximum Gasteiger partial charge on any atom is 0.224 e. The summed E-state index contributed by atoms with van der Waals surface area (Å²) in [6.45, 7) is 1.20. The zero-order valence-electron chi connectivity index (χ0n) is 13.9. The molecule has 1 N–H and O–H groups in total. The molecular formula is C20H20N4O. The van der Waals surface area contributed by atoms with Crippen LogP contribution in [0.25, 0.3) is 0 Å². The van der Waals surface area contributed by atoms with Crippen LogP contribution in [0, 0.1) is 5.92 Å². The second-order valence-electron chi connectivity index (χ2n) is 6.44. The van der Waals surface area contributed by atoms with Crippen LogP contribution in [0.4, 0.5) is 0 Å². The Labute approximate surface area is 146 Å². The van der Waals surface area contributed by atoms with Gasteiger partial charge < -0.3 is 5.32 Å². The molecule has 1 aliphatic rings. The van der Waals surface area contributed by atoms with Crippen molar-refractivity contribution in [1.29, 1.82) is 0 Å². The van der Waals surface area contributed by atoms with E-state index in [1.54, 1.807) is 11.0 Å². The van der Waals surface area contributed by atoms with Gasteiger partial charge in [-0.3, -0.25) is 4.79 Å². The van der Waals surface area contributed by atoms with Crippen LogP contribution in [0.5, 0.6) is 0 Å². The van der Waals surface area contributed by atoms with Gasteiger partial charge in [0, 0.05) is 12.5 Å².